The number of sulfonamides is 1. The van der Waals surface area contributed by atoms with Gasteiger partial charge in [-0.25, -0.2) is 8.42 Å². The molecule has 1 aromatic carbocycles. The van der Waals surface area contributed by atoms with Gasteiger partial charge in [0.15, 0.2) is 11.5 Å². The highest BCUT2D eigenvalue weighted by molar-refractivity contribution is 7.89. The first-order valence-corrected chi connectivity index (χ1v) is 10.4. The van der Waals surface area contributed by atoms with Crippen molar-refractivity contribution in [3.8, 4) is 11.5 Å². The highest BCUT2D eigenvalue weighted by Gasteiger charge is 2.40. The van der Waals surface area contributed by atoms with Crippen molar-refractivity contribution in [1.29, 1.82) is 0 Å². The Kier molecular flexibility index (Phi) is 5.95. The molecule has 1 unspecified atom stereocenters. The van der Waals surface area contributed by atoms with Crippen molar-refractivity contribution < 1.29 is 27.1 Å². The fraction of sp³-hybridized carbons (Fsp3) is 0.421. The lowest BCUT2D eigenvalue weighted by Gasteiger charge is -2.24. The Morgan fingerprint density at radius 2 is 2.00 bits per heavy atom. The van der Waals surface area contributed by atoms with Gasteiger partial charge < -0.3 is 19.2 Å². The van der Waals surface area contributed by atoms with Crippen LogP contribution in [0.2, 0.25) is 0 Å². The van der Waals surface area contributed by atoms with Gasteiger partial charge in [-0.3, -0.25) is 4.79 Å². The van der Waals surface area contributed by atoms with Crippen LogP contribution in [-0.2, 0) is 21.4 Å². The maximum atomic E-state index is 13.3. The monoisotopic (exact) mass is 408 g/mol. The van der Waals surface area contributed by atoms with Crippen LogP contribution in [0.5, 0.6) is 11.5 Å². The zero-order valence-electron chi connectivity index (χ0n) is 16.1. The summed E-state index contributed by atoms with van der Waals surface area (Å²) in [5.74, 6) is 1.05. The van der Waals surface area contributed by atoms with E-state index < -0.39 is 16.1 Å². The second-order valence-corrected chi connectivity index (χ2v) is 8.40. The Bertz CT molecular complexity index is 940. The van der Waals surface area contributed by atoms with Crippen LogP contribution in [0, 0.1) is 6.92 Å². The molecule has 1 aromatic heterocycles. The molecular weight excluding hydrogens is 384 g/mol. The molecule has 1 saturated heterocycles. The quantitative estimate of drug-likeness (QED) is 0.753. The maximum absolute atomic E-state index is 13.3. The fourth-order valence-corrected chi connectivity index (χ4v) is 5.24. The number of methoxy groups -OCH3 is 2. The molecule has 0 spiro atoms. The molecule has 0 aliphatic carbocycles. The van der Waals surface area contributed by atoms with Gasteiger partial charge >= 0.3 is 0 Å². The Balaban J connectivity index is 1.85. The molecule has 1 aliphatic rings. The minimum atomic E-state index is -3.88. The molecule has 152 valence electrons. The van der Waals surface area contributed by atoms with Crippen LogP contribution >= 0.6 is 0 Å². The van der Waals surface area contributed by atoms with E-state index in [1.54, 1.807) is 25.1 Å². The molecule has 1 N–H and O–H groups in total. The molecule has 0 saturated carbocycles. The van der Waals surface area contributed by atoms with E-state index in [0.717, 1.165) is 0 Å². The minimum Gasteiger partial charge on any atom is -0.493 e. The number of hydrogen-bond acceptors (Lipinski definition) is 6. The molecule has 1 aliphatic heterocycles. The molecule has 2 heterocycles. The molecule has 8 nitrogen and oxygen atoms in total. The summed E-state index contributed by atoms with van der Waals surface area (Å²) >= 11 is 0. The van der Waals surface area contributed by atoms with Crippen molar-refractivity contribution in [3.63, 3.8) is 0 Å². The fourth-order valence-electron chi connectivity index (χ4n) is 3.36. The summed E-state index contributed by atoms with van der Waals surface area (Å²) in [6, 6.07) is 5.78. The van der Waals surface area contributed by atoms with Crippen LogP contribution in [0.3, 0.4) is 0 Å². The van der Waals surface area contributed by atoms with Crippen molar-refractivity contribution in [1.82, 2.24) is 9.62 Å². The number of hydrogen-bond donors (Lipinski definition) is 1. The third-order valence-electron chi connectivity index (χ3n) is 4.79. The van der Waals surface area contributed by atoms with Crippen LogP contribution in [0.1, 0.15) is 24.2 Å². The molecule has 1 amide bonds. The molecule has 0 bridgehead atoms. The van der Waals surface area contributed by atoms with E-state index in [0.29, 0.717) is 35.7 Å². The van der Waals surface area contributed by atoms with Crippen molar-refractivity contribution in [2.45, 2.75) is 37.2 Å². The van der Waals surface area contributed by atoms with Gasteiger partial charge in [-0.15, -0.1) is 0 Å². The van der Waals surface area contributed by atoms with Gasteiger partial charge in [-0.1, -0.05) is 0 Å². The third-order valence-corrected chi connectivity index (χ3v) is 6.84. The highest BCUT2D eigenvalue weighted by atomic mass is 32.2. The van der Waals surface area contributed by atoms with Crippen LogP contribution in [0.15, 0.2) is 39.8 Å². The lowest BCUT2D eigenvalue weighted by molar-refractivity contribution is -0.124. The smallest absolute Gasteiger partial charge is 0.244 e. The minimum absolute atomic E-state index is 0.107. The maximum Gasteiger partial charge on any atom is 0.244 e. The van der Waals surface area contributed by atoms with Crippen molar-refractivity contribution in [3.05, 3.63) is 41.9 Å². The number of benzene rings is 1. The zero-order chi connectivity index (χ0) is 20.3. The number of carbonyl (C=O) groups is 1. The third kappa shape index (κ3) is 3.85. The van der Waals surface area contributed by atoms with Crippen molar-refractivity contribution >= 4 is 15.9 Å². The van der Waals surface area contributed by atoms with Crippen LogP contribution in [0.25, 0.3) is 0 Å². The highest BCUT2D eigenvalue weighted by Crippen LogP contribution is 2.35. The number of furan rings is 1. The molecule has 0 radical (unpaired) electrons. The number of carbonyl (C=O) groups excluding carboxylic acids is 1. The second-order valence-electron chi connectivity index (χ2n) is 6.54. The van der Waals surface area contributed by atoms with E-state index in [2.05, 4.69) is 5.32 Å². The predicted octanol–water partition coefficient (Wildman–Crippen LogP) is 2.07. The Labute approximate surface area is 164 Å². The number of ether oxygens (including phenoxy) is 2. The molecule has 1 fully saturated rings. The normalized spacial score (nSPS) is 17.5. The van der Waals surface area contributed by atoms with Gasteiger partial charge in [0.05, 0.1) is 31.9 Å². The van der Waals surface area contributed by atoms with Crippen molar-refractivity contribution in [2.75, 3.05) is 20.8 Å². The van der Waals surface area contributed by atoms with E-state index in [1.807, 2.05) is 0 Å². The molecule has 28 heavy (non-hydrogen) atoms. The van der Waals surface area contributed by atoms with Gasteiger partial charge in [0, 0.05) is 12.6 Å². The number of rotatable bonds is 7. The summed E-state index contributed by atoms with van der Waals surface area (Å²) in [6.07, 6.45) is 2.60. The van der Waals surface area contributed by atoms with Gasteiger partial charge in [0.1, 0.15) is 11.8 Å². The largest absolute Gasteiger partial charge is 0.493 e. The summed E-state index contributed by atoms with van der Waals surface area (Å²) in [7, 11) is -0.940. The topological polar surface area (TPSA) is 98.1 Å². The van der Waals surface area contributed by atoms with Gasteiger partial charge in [0.2, 0.25) is 15.9 Å². The molecule has 1 atom stereocenters. The van der Waals surface area contributed by atoms with E-state index in [1.165, 1.54) is 30.9 Å². The van der Waals surface area contributed by atoms with Crippen LogP contribution in [0.4, 0.5) is 0 Å². The standard InChI is InChI=1S/C19H24N2O6S/c1-13-10-16(25-2)17(26-3)11-18(13)28(23,24)21-8-4-7-15(21)19(22)20-12-14-6-5-9-27-14/h5-6,9-11,15H,4,7-8,12H2,1-3H3,(H,20,22). The van der Waals surface area contributed by atoms with Gasteiger partial charge in [-0.2, -0.15) is 4.31 Å². The number of amides is 1. The van der Waals surface area contributed by atoms with E-state index in [-0.39, 0.29) is 23.9 Å². The first kappa shape index (κ1) is 20.2. The Morgan fingerprint density at radius 1 is 1.29 bits per heavy atom. The van der Waals surface area contributed by atoms with Crippen molar-refractivity contribution in [2.24, 2.45) is 0 Å². The Morgan fingerprint density at radius 3 is 2.64 bits per heavy atom. The number of aryl methyl sites for hydroxylation is 1. The summed E-state index contributed by atoms with van der Waals surface area (Å²) < 4.78 is 43.5. The average molecular weight is 408 g/mol. The summed E-state index contributed by atoms with van der Waals surface area (Å²) in [6.45, 7) is 2.19. The lowest BCUT2D eigenvalue weighted by Crippen LogP contribution is -2.45. The molecule has 3 rings (SSSR count). The van der Waals surface area contributed by atoms with Gasteiger partial charge in [0.25, 0.3) is 0 Å². The SMILES string of the molecule is COc1cc(C)c(S(=O)(=O)N2CCCC2C(=O)NCc2ccco2)cc1OC. The molecule has 2 aromatic rings. The van der Waals surface area contributed by atoms with E-state index in [4.69, 9.17) is 13.9 Å². The van der Waals surface area contributed by atoms with Crippen LogP contribution < -0.4 is 14.8 Å². The lowest BCUT2D eigenvalue weighted by atomic mass is 10.2. The predicted molar refractivity (Wildman–Crippen MR) is 102 cm³/mol. The van der Waals surface area contributed by atoms with E-state index >= 15 is 0 Å². The summed E-state index contributed by atoms with van der Waals surface area (Å²) in [5, 5.41) is 2.75. The Hall–Kier alpha value is -2.52. The van der Waals surface area contributed by atoms with Gasteiger partial charge in [-0.05, 0) is 43.5 Å². The summed E-state index contributed by atoms with van der Waals surface area (Å²) in [4.78, 5) is 12.7. The van der Waals surface area contributed by atoms with Crippen LogP contribution in [-0.4, -0.2) is 45.4 Å². The first-order valence-electron chi connectivity index (χ1n) is 8.93. The zero-order valence-corrected chi connectivity index (χ0v) is 16.9. The average Bonchev–Trinajstić information content (AvgIpc) is 3.37. The summed E-state index contributed by atoms with van der Waals surface area (Å²) in [5.41, 5.74) is 0.527. The van der Waals surface area contributed by atoms with E-state index in [9.17, 15) is 13.2 Å². The molecular formula is C19H24N2O6S. The second kappa shape index (κ2) is 8.24. The molecule has 9 heteroatoms. The first-order chi connectivity index (χ1) is 13.4. The number of nitrogens with one attached hydrogen (secondary N) is 1. The number of nitrogens with zero attached hydrogens (tertiary/aromatic N) is 1.